The van der Waals surface area contributed by atoms with Crippen molar-refractivity contribution in [2.45, 2.75) is 6.42 Å². The van der Waals surface area contributed by atoms with Crippen molar-refractivity contribution in [1.82, 2.24) is 0 Å². The lowest BCUT2D eigenvalue weighted by Crippen LogP contribution is -1.90. The van der Waals surface area contributed by atoms with Crippen molar-refractivity contribution in [3.8, 4) is 11.5 Å². The molecule has 19 heavy (non-hydrogen) atoms. The maximum absolute atomic E-state index is 5.28. The largest absolute Gasteiger partial charge is 0.493 e. The number of rotatable bonds is 5. The highest BCUT2D eigenvalue weighted by molar-refractivity contribution is 5.56. The Hall–Kier alpha value is -2.22. The van der Waals surface area contributed by atoms with E-state index in [9.17, 15) is 0 Å². The van der Waals surface area contributed by atoms with Gasteiger partial charge in [0.05, 0.1) is 14.2 Å². The highest BCUT2D eigenvalue weighted by Crippen LogP contribution is 2.27. The van der Waals surface area contributed by atoms with E-state index in [-0.39, 0.29) is 0 Å². The van der Waals surface area contributed by atoms with Crippen molar-refractivity contribution < 1.29 is 9.47 Å². The fraction of sp³-hybridized carbons (Fsp3) is 0.176. The molecule has 0 spiro atoms. The van der Waals surface area contributed by atoms with Crippen molar-refractivity contribution >= 4 is 6.08 Å². The van der Waals surface area contributed by atoms with Crippen LogP contribution in [0.4, 0.5) is 0 Å². The molecule has 0 radical (unpaired) electrons. The number of ether oxygens (including phenoxy) is 2. The average Bonchev–Trinajstić information content (AvgIpc) is 2.48. The summed E-state index contributed by atoms with van der Waals surface area (Å²) >= 11 is 0. The first-order valence-electron chi connectivity index (χ1n) is 6.26. The van der Waals surface area contributed by atoms with E-state index in [0.29, 0.717) is 0 Å². The topological polar surface area (TPSA) is 18.5 Å². The van der Waals surface area contributed by atoms with Crippen LogP contribution >= 0.6 is 0 Å². The second-order valence-electron chi connectivity index (χ2n) is 4.21. The third-order valence-corrected chi connectivity index (χ3v) is 2.91. The van der Waals surface area contributed by atoms with E-state index in [4.69, 9.17) is 9.47 Å². The SMILES string of the molecule is COc1ccc(C=CCc2ccccc2)cc1OC. The monoisotopic (exact) mass is 254 g/mol. The smallest absolute Gasteiger partial charge is 0.161 e. The van der Waals surface area contributed by atoms with Crippen LogP contribution in [-0.2, 0) is 6.42 Å². The van der Waals surface area contributed by atoms with Crippen molar-refractivity contribution in [1.29, 1.82) is 0 Å². The van der Waals surface area contributed by atoms with Gasteiger partial charge in [-0.25, -0.2) is 0 Å². The summed E-state index contributed by atoms with van der Waals surface area (Å²) in [6.07, 6.45) is 5.17. The van der Waals surface area contributed by atoms with Crippen LogP contribution in [-0.4, -0.2) is 14.2 Å². The molecule has 2 nitrogen and oxygen atoms in total. The third kappa shape index (κ3) is 3.62. The zero-order valence-corrected chi connectivity index (χ0v) is 11.3. The van der Waals surface area contributed by atoms with Gasteiger partial charge in [0.1, 0.15) is 0 Å². The van der Waals surface area contributed by atoms with Crippen LogP contribution in [0.5, 0.6) is 11.5 Å². The summed E-state index contributed by atoms with van der Waals surface area (Å²) in [6.45, 7) is 0. The fourth-order valence-electron chi connectivity index (χ4n) is 1.90. The van der Waals surface area contributed by atoms with Gasteiger partial charge in [-0.15, -0.1) is 0 Å². The Morgan fingerprint density at radius 2 is 1.63 bits per heavy atom. The zero-order chi connectivity index (χ0) is 13.5. The number of methoxy groups -OCH3 is 2. The predicted octanol–water partition coefficient (Wildman–Crippen LogP) is 3.96. The van der Waals surface area contributed by atoms with Gasteiger partial charge in [0.2, 0.25) is 0 Å². The van der Waals surface area contributed by atoms with Crippen LogP contribution in [0.1, 0.15) is 11.1 Å². The molecule has 0 unspecified atom stereocenters. The molecule has 0 saturated carbocycles. The Balaban J connectivity index is 2.07. The van der Waals surface area contributed by atoms with Crippen molar-refractivity contribution in [3.63, 3.8) is 0 Å². The standard InChI is InChI=1S/C17H18O2/c1-18-16-12-11-15(13-17(16)19-2)10-6-9-14-7-4-3-5-8-14/h3-8,10-13H,9H2,1-2H3. The lowest BCUT2D eigenvalue weighted by molar-refractivity contribution is 0.355. The summed E-state index contributed by atoms with van der Waals surface area (Å²) < 4.78 is 10.5. The van der Waals surface area contributed by atoms with Gasteiger partial charge in [-0.05, 0) is 29.7 Å². The fourth-order valence-corrected chi connectivity index (χ4v) is 1.90. The molecule has 0 aliphatic heterocycles. The van der Waals surface area contributed by atoms with E-state index in [1.54, 1.807) is 14.2 Å². The average molecular weight is 254 g/mol. The summed E-state index contributed by atoms with van der Waals surface area (Å²) in [4.78, 5) is 0. The molecule has 0 atom stereocenters. The van der Waals surface area contributed by atoms with Crippen LogP contribution in [0, 0.1) is 0 Å². The highest BCUT2D eigenvalue weighted by atomic mass is 16.5. The summed E-state index contributed by atoms with van der Waals surface area (Å²) in [5.41, 5.74) is 2.41. The molecule has 2 rings (SSSR count). The van der Waals surface area contributed by atoms with Crippen molar-refractivity contribution in [2.75, 3.05) is 14.2 Å². The molecule has 2 aromatic carbocycles. The van der Waals surface area contributed by atoms with Gasteiger partial charge in [0.25, 0.3) is 0 Å². The number of hydrogen-bond donors (Lipinski definition) is 0. The molecule has 0 heterocycles. The first-order valence-corrected chi connectivity index (χ1v) is 6.26. The molecular formula is C17H18O2. The third-order valence-electron chi connectivity index (χ3n) is 2.91. The maximum atomic E-state index is 5.28. The maximum Gasteiger partial charge on any atom is 0.161 e. The Bertz CT molecular complexity index is 544. The van der Waals surface area contributed by atoms with Crippen LogP contribution in [0.15, 0.2) is 54.6 Å². The summed E-state index contributed by atoms with van der Waals surface area (Å²) in [7, 11) is 3.29. The molecule has 0 aromatic heterocycles. The second-order valence-corrected chi connectivity index (χ2v) is 4.21. The zero-order valence-electron chi connectivity index (χ0n) is 11.3. The van der Waals surface area contributed by atoms with Crippen molar-refractivity contribution in [2.24, 2.45) is 0 Å². The summed E-state index contributed by atoms with van der Waals surface area (Å²) in [6, 6.07) is 16.3. The van der Waals surface area contributed by atoms with Gasteiger partial charge in [-0.2, -0.15) is 0 Å². The molecule has 0 fully saturated rings. The number of hydrogen-bond acceptors (Lipinski definition) is 2. The Morgan fingerprint density at radius 3 is 2.32 bits per heavy atom. The second kappa shape index (κ2) is 6.64. The van der Waals surface area contributed by atoms with E-state index in [1.807, 2.05) is 24.3 Å². The molecule has 2 aromatic rings. The highest BCUT2D eigenvalue weighted by Gasteiger charge is 2.02. The van der Waals surface area contributed by atoms with Crippen LogP contribution in [0.2, 0.25) is 0 Å². The van der Waals surface area contributed by atoms with Crippen LogP contribution < -0.4 is 9.47 Å². The Morgan fingerprint density at radius 1 is 0.895 bits per heavy atom. The molecule has 0 aliphatic carbocycles. The predicted molar refractivity (Wildman–Crippen MR) is 78.7 cm³/mol. The Labute approximate surface area is 114 Å². The molecule has 2 heteroatoms. The lowest BCUT2D eigenvalue weighted by Gasteiger charge is -2.07. The molecule has 0 amide bonds. The van der Waals surface area contributed by atoms with Gasteiger partial charge in [0.15, 0.2) is 11.5 Å². The first-order chi connectivity index (χ1) is 9.33. The quantitative estimate of drug-likeness (QED) is 0.804. The van der Waals surface area contributed by atoms with Crippen LogP contribution in [0.3, 0.4) is 0 Å². The van der Waals surface area contributed by atoms with E-state index in [2.05, 4.69) is 36.4 Å². The molecular weight excluding hydrogens is 236 g/mol. The van der Waals surface area contributed by atoms with E-state index < -0.39 is 0 Å². The molecule has 0 saturated heterocycles. The molecule has 98 valence electrons. The molecule has 0 bridgehead atoms. The van der Waals surface area contributed by atoms with Gasteiger partial charge >= 0.3 is 0 Å². The van der Waals surface area contributed by atoms with Gasteiger partial charge in [-0.1, -0.05) is 48.6 Å². The first kappa shape index (κ1) is 13.2. The normalized spacial score (nSPS) is 10.6. The van der Waals surface area contributed by atoms with Gasteiger partial charge in [-0.3, -0.25) is 0 Å². The minimum atomic E-state index is 0.753. The van der Waals surface area contributed by atoms with Crippen molar-refractivity contribution in [3.05, 3.63) is 65.7 Å². The minimum Gasteiger partial charge on any atom is -0.493 e. The van der Waals surface area contributed by atoms with E-state index in [1.165, 1.54) is 5.56 Å². The number of allylic oxidation sites excluding steroid dienone is 1. The lowest BCUT2D eigenvalue weighted by atomic mass is 10.1. The summed E-state index contributed by atoms with van der Waals surface area (Å²) in [5, 5.41) is 0. The van der Waals surface area contributed by atoms with E-state index in [0.717, 1.165) is 23.5 Å². The van der Waals surface area contributed by atoms with Gasteiger partial charge in [0, 0.05) is 0 Å². The van der Waals surface area contributed by atoms with Crippen LogP contribution in [0.25, 0.3) is 6.08 Å². The summed E-state index contributed by atoms with van der Waals surface area (Å²) in [5.74, 6) is 1.51. The minimum absolute atomic E-state index is 0.753. The van der Waals surface area contributed by atoms with Gasteiger partial charge < -0.3 is 9.47 Å². The van der Waals surface area contributed by atoms with E-state index >= 15 is 0 Å². The number of benzene rings is 2. The molecule has 0 aliphatic rings. The Kier molecular flexibility index (Phi) is 4.62. The molecule has 0 N–H and O–H groups in total.